The van der Waals surface area contributed by atoms with E-state index in [0.717, 1.165) is 23.8 Å². The standard InChI is InChI=1S/C14H21N3OS/c1-17-6-7-19-9-12(17)14-15-11(8-13(18)16-14)10-4-2-3-5-10/h8,10,12H,2-7,9H2,1H3,(H,15,16,18). The first-order valence-electron chi connectivity index (χ1n) is 7.13. The molecule has 1 aliphatic heterocycles. The molecule has 4 nitrogen and oxygen atoms in total. The van der Waals surface area contributed by atoms with Crippen molar-refractivity contribution in [3.05, 3.63) is 27.9 Å². The van der Waals surface area contributed by atoms with Crippen molar-refractivity contribution < 1.29 is 0 Å². The first-order chi connectivity index (χ1) is 9.24. The summed E-state index contributed by atoms with van der Waals surface area (Å²) in [5.74, 6) is 3.55. The van der Waals surface area contributed by atoms with Crippen LogP contribution >= 0.6 is 11.8 Å². The molecule has 1 atom stereocenters. The molecule has 5 heteroatoms. The molecule has 0 aromatic carbocycles. The van der Waals surface area contributed by atoms with Gasteiger partial charge in [-0.2, -0.15) is 11.8 Å². The van der Waals surface area contributed by atoms with E-state index in [1.165, 1.54) is 31.4 Å². The van der Waals surface area contributed by atoms with Gasteiger partial charge in [-0.1, -0.05) is 12.8 Å². The summed E-state index contributed by atoms with van der Waals surface area (Å²) in [6.45, 7) is 1.06. The Bertz CT molecular complexity index is 496. The molecule has 1 saturated carbocycles. The number of aromatic nitrogens is 2. The minimum Gasteiger partial charge on any atom is -0.309 e. The summed E-state index contributed by atoms with van der Waals surface area (Å²) in [6, 6.07) is 1.96. The van der Waals surface area contributed by atoms with Gasteiger partial charge in [-0.05, 0) is 19.9 Å². The van der Waals surface area contributed by atoms with E-state index in [2.05, 4.69) is 16.9 Å². The van der Waals surface area contributed by atoms with Crippen LogP contribution in [0.25, 0.3) is 0 Å². The topological polar surface area (TPSA) is 49.0 Å². The minimum absolute atomic E-state index is 0.0101. The highest BCUT2D eigenvalue weighted by Crippen LogP contribution is 2.33. The van der Waals surface area contributed by atoms with Gasteiger partial charge in [0, 0.05) is 30.0 Å². The second-order valence-electron chi connectivity index (χ2n) is 5.61. The maximum absolute atomic E-state index is 11.9. The Hall–Kier alpha value is -0.810. The molecule has 104 valence electrons. The molecule has 1 N–H and O–H groups in total. The van der Waals surface area contributed by atoms with Crippen LogP contribution in [-0.2, 0) is 0 Å². The quantitative estimate of drug-likeness (QED) is 0.901. The van der Waals surface area contributed by atoms with E-state index in [1.807, 2.05) is 11.8 Å². The Balaban J connectivity index is 1.90. The lowest BCUT2D eigenvalue weighted by Gasteiger charge is -2.31. The van der Waals surface area contributed by atoms with E-state index < -0.39 is 0 Å². The molecular weight excluding hydrogens is 258 g/mol. The van der Waals surface area contributed by atoms with Crippen LogP contribution in [0.5, 0.6) is 0 Å². The fourth-order valence-electron chi connectivity index (χ4n) is 3.06. The van der Waals surface area contributed by atoms with Crippen LogP contribution in [-0.4, -0.2) is 40.0 Å². The Morgan fingerprint density at radius 1 is 1.42 bits per heavy atom. The van der Waals surface area contributed by atoms with Crippen molar-refractivity contribution in [2.45, 2.75) is 37.6 Å². The van der Waals surface area contributed by atoms with Crippen LogP contribution in [0.4, 0.5) is 0 Å². The lowest BCUT2D eigenvalue weighted by molar-refractivity contribution is 0.263. The fourth-order valence-corrected chi connectivity index (χ4v) is 4.28. The zero-order chi connectivity index (χ0) is 13.2. The summed E-state index contributed by atoms with van der Waals surface area (Å²) < 4.78 is 0. The lowest BCUT2D eigenvalue weighted by atomic mass is 10.0. The zero-order valence-electron chi connectivity index (χ0n) is 11.4. The maximum Gasteiger partial charge on any atom is 0.251 e. The monoisotopic (exact) mass is 279 g/mol. The number of hydrogen-bond donors (Lipinski definition) is 1. The van der Waals surface area contributed by atoms with Gasteiger partial charge in [-0.15, -0.1) is 0 Å². The van der Waals surface area contributed by atoms with Crippen molar-refractivity contribution in [2.75, 3.05) is 25.1 Å². The number of rotatable bonds is 2. The minimum atomic E-state index is 0.0101. The summed E-state index contributed by atoms with van der Waals surface area (Å²) in [4.78, 5) is 21.9. The Kier molecular flexibility index (Phi) is 3.93. The first-order valence-corrected chi connectivity index (χ1v) is 8.28. The molecule has 1 aromatic heterocycles. The molecule has 1 aliphatic carbocycles. The van der Waals surface area contributed by atoms with Crippen molar-refractivity contribution in [1.82, 2.24) is 14.9 Å². The first kappa shape index (κ1) is 13.2. The van der Waals surface area contributed by atoms with Crippen LogP contribution in [0.2, 0.25) is 0 Å². The smallest absolute Gasteiger partial charge is 0.251 e. The number of aromatic amines is 1. The highest BCUT2D eigenvalue weighted by molar-refractivity contribution is 7.99. The van der Waals surface area contributed by atoms with Crippen molar-refractivity contribution in [3.8, 4) is 0 Å². The van der Waals surface area contributed by atoms with Crippen molar-refractivity contribution in [2.24, 2.45) is 0 Å². The number of H-pyrrole nitrogens is 1. The number of nitrogens with zero attached hydrogens (tertiary/aromatic N) is 2. The number of nitrogens with one attached hydrogen (secondary N) is 1. The van der Waals surface area contributed by atoms with Crippen LogP contribution in [0.15, 0.2) is 10.9 Å². The molecule has 2 fully saturated rings. The van der Waals surface area contributed by atoms with E-state index in [1.54, 1.807) is 6.07 Å². The Labute approximate surface area is 118 Å². The molecular formula is C14H21N3OS. The molecule has 1 aromatic rings. The van der Waals surface area contributed by atoms with Gasteiger partial charge in [0.2, 0.25) is 0 Å². The van der Waals surface area contributed by atoms with Gasteiger partial charge in [0.25, 0.3) is 5.56 Å². The average Bonchev–Trinajstić information content (AvgIpc) is 2.92. The summed E-state index contributed by atoms with van der Waals surface area (Å²) in [7, 11) is 2.12. The third kappa shape index (κ3) is 2.87. The molecule has 1 unspecified atom stereocenters. The van der Waals surface area contributed by atoms with Crippen molar-refractivity contribution in [3.63, 3.8) is 0 Å². The molecule has 2 heterocycles. The number of hydrogen-bond acceptors (Lipinski definition) is 4. The summed E-state index contributed by atoms with van der Waals surface area (Å²) >= 11 is 1.94. The largest absolute Gasteiger partial charge is 0.309 e. The van der Waals surface area contributed by atoms with Crippen molar-refractivity contribution in [1.29, 1.82) is 0 Å². The van der Waals surface area contributed by atoms with E-state index in [9.17, 15) is 4.79 Å². The normalized spacial score (nSPS) is 25.8. The highest BCUT2D eigenvalue weighted by Gasteiger charge is 2.25. The fraction of sp³-hybridized carbons (Fsp3) is 0.714. The van der Waals surface area contributed by atoms with E-state index in [0.29, 0.717) is 5.92 Å². The van der Waals surface area contributed by atoms with Crippen LogP contribution < -0.4 is 5.56 Å². The van der Waals surface area contributed by atoms with Crippen LogP contribution in [0, 0.1) is 0 Å². The van der Waals surface area contributed by atoms with E-state index in [4.69, 9.17) is 4.98 Å². The molecule has 0 radical (unpaired) electrons. The molecule has 2 aliphatic rings. The van der Waals surface area contributed by atoms with Gasteiger partial charge in [-0.25, -0.2) is 4.98 Å². The van der Waals surface area contributed by atoms with Gasteiger partial charge < -0.3 is 4.98 Å². The van der Waals surface area contributed by atoms with Gasteiger partial charge in [0.1, 0.15) is 5.82 Å². The second-order valence-corrected chi connectivity index (χ2v) is 6.76. The predicted molar refractivity (Wildman–Crippen MR) is 78.8 cm³/mol. The van der Waals surface area contributed by atoms with Gasteiger partial charge in [0.05, 0.1) is 11.7 Å². The van der Waals surface area contributed by atoms with E-state index >= 15 is 0 Å². The molecule has 0 bridgehead atoms. The summed E-state index contributed by atoms with van der Waals surface area (Å²) in [5, 5.41) is 0. The van der Waals surface area contributed by atoms with Gasteiger partial charge >= 0.3 is 0 Å². The second kappa shape index (κ2) is 5.67. The van der Waals surface area contributed by atoms with Crippen LogP contribution in [0.3, 0.4) is 0 Å². The lowest BCUT2D eigenvalue weighted by Crippen LogP contribution is -2.35. The molecule has 3 rings (SSSR count). The van der Waals surface area contributed by atoms with Crippen molar-refractivity contribution >= 4 is 11.8 Å². The molecule has 19 heavy (non-hydrogen) atoms. The van der Waals surface area contributed by atoms with Gasteiger partial charge in [-0.3, -0.25) is 9.69 Å². The maximum atomic E-state index is 11.9. The van der Waals surface area contributed by atoms with Crippen LogP contribution in [0.1, 0.15) is 49.2 Å². The Morgan fingerprint density at radius 3 is 2.95 bits per heavy atom. The average molecular weight is 279 g/mol. The molecule has 0 amide bonds. The SMILES string of the molecule is CN1CCSCC1c1nc(C2CCCC2)cc(=O)[nH]1. The third-order valence-electron chi connectivity index (χ3n) is 4.26. The van der Waals surface area contributed by atoms with Gasteiger partial charge in [0.15, 0.2) is 0 Å². The summed E-state index contributed by atoms with van der Waals surface area (Å²) in [6.07, 6.45) is 4.91. The predicted octanol–water partition coefficient (Wildman–Crippen LogP) is 2.15. The highest BCUT2D eigenvalue weighted by atomic mass is 32.2. The molecule has 1 saturated heterocycles. The zero-order valence-corrected chi connectivity index (χ0v) is 12.2. The summed E-state index contributed by atoms with van der Waals surface area (Å²) in [5.41, 5.74) is 1.02. The molecule has 0 spiro atoms. The van der Waals surface area contributed by atoms with E-state index in [-0.39, 0.29) is 11.6 Å². The third-order valence-corrected chi connectivity index (χ3v) is 5.29. The Morgan fingerprint density at radius 2 is 2.21 bits per heavy atom. The number of thioether (sulfide) groups is 1.